The molecular weight excluding hydrogens is 256 g/mol. The number of rotatable bonds is 6. The van der Waals surface area contributed by atoms with Crippen LogP contribution in [0.3, 0.4) is 0 Å². The van der Waals surface area contributed by atoms with E-state index in [4.69, 9.17) is 0 Å². The van der Waals surface area contributed by atoms with Gasteiger partial charge in [-0.15, -0.1) is 0 Å². The molecule has 0 bridgehead atoms. The highest BCUT2D eigenvalue weighted by atomic mass is 32.2. The third-order valence-electron chi connectivity index (χ3n) is 3.34. The van der Waals surface area contributed by atoms with E-state index in [0.29, 0.717) is 6.04 Å². The van der Waals surface area contributed by atoms with Gasteiger partial charge >= 0.3 is 0 Å². The highest BCUT2D eigenvalue weighted by Gasteiger charge is 2.16. The fourth-order valence-electron chi connectivity index (χ4n) is 2.32. The van der Waals surface area contributed by atoms with E-state index in [1.165, 1.54) is 29.9 Å². The number of anilines is 2. The molecule has 1 atom stereocenters. The van der Waals surface area contributed by atoms with Crippen molar-refractivity contribution in [2.24, 2.45) is 0 Å². The molecule has 0 saturated carbocycles. The van der Waals surface area contributed by atoms with Gasteiger partial charge in [-0.3, -0.25) is 0 Å². The summed E-state index contributed by atoms with van der Waals surface area (Å²) < 4.78 is 0. The lowest BCUT2D eigenvalue weighted by atomic mass is 10.1. The van der Waals surface area contributed by atoms with Gasteiger partial charge in [0.25, 0.3) is 0 Å². The van der Waals surface area contributed by atoms with Crippen LogP contribution in [0, 0.1) is 0 Å². The monoisotopic (exact) mass is 280 g/mol. The minimum Gasteiger partial charge on any atom is -0.370 e. The van der Waals surface area contributed by atoms with E-state index in [2.05, 4.69) is 34.4 Å². The van der Waals surface area contributed by atoms with Crippen LogP contribution in [-0.4, -0.2) is 34.1 Å². The Morgan fingerprint density at radius 2 is 2.16 bits per heavy atom. The van der Waals surface area contributed by atoms with Crippen LogP contribution in [0.25, 0.3) is 0 Å². The van der Waals surface area contributed by atoms with Crippen molar-refractivity contribution in [1.82, 2.24) is 9.97 Å². The van der Waals surface area contributed by atoms with Crippen LogP contribution in [0.4, 0.5) is 11.6 Å². The second kappa shape index (κ2) is 7.58. The molecule has 1 aliphatic heterocycles. The Morgan fingerprint density at radius 3 is 2.84 bits per heavy atom. The topological polar surface area (TPSA) is 49.8 Å². The van der Waals surface area contributed by atoms with Crippen LogP contribution >= 0.6 is 11.8 Å². The maximum absolute atomic E-state index is 4.44. The Balaban J connectivity index is 2.09. The Morgan fingerprint density at radius 1 is 1.32 bits per heavy atom. The number of nitrogens with one attached hydrogen (secondary N) is 2. The van der Waals surface area contributed by atoms with Gasteiger partial charge < -0.3 is 10.6 Å². The second-order valence-electron chi connectivity index (χ2n) is 4.89. The molecule has 0 aliphatic carbocycles. The van der Waals surface area contributed by atoms with Crippen molar-refractivity contribution in [1.29, 1.82) is 0 Å². The lowest BCUT2D eigenvalue weighted by Gasteiger charge is -2.24. The fourth-order valence-corrected chi connectivity index (χ4v) is 3.39. The molecule has 2 N–H and O–H groups in total. The molecule has 5 heteroatoms. The van der Waals surface area contributed by atoms with Gasteiger partial charge in [0.05, 0.1) is 0 Å². The molecule has 1 aromatic heterocycles. The lowest BCUT2D eigenvalue weighted by molar-refractivity contribution is 0.680. The summed E-state index contributed by atoms with van der Waals surface area (Å²) >= 11 is 2.03. The molecule has 2 heterocycles. The van der Waals surface area contributed by atoms with Crippen molar-refractivity contribution in [2.75, 3.05) is 28.7 Å². The zero-order valence-electron chi connectivity index (χ0n) is 11.9. The maximum Gasteiger partial charge on any atom is 0.134 e. The lowest BCUT2D eigenvalue weighted by Crippen LogP contribution is -2.27. The molecule has 0 amide bonds. The first-order valence-corrected chi connectivity index (χ1v) is 8.42. The molecule has 0 aromatic carbocycles. The van der Waals surface area contributed by atoms with E-state index in [0.717, 1.165) is 31.0 Å². The van der Waals surface area contributed by atoms with Crippen LogP contribution in [0.1, 0.15) is 38.7 Å². The third kappa shape index (κ3) is 4.00. The Kier molecular flexibility index (Phi) is 5.76. The quantitative estimate of drug-likeness (QED) is 0.838. The average molecular weight is 280 g/mol. The Bertz CT molecular complexity index is 391. The van der Waals surface area contributed by atoms with Crippen LogP contribution in [0.5, 0.6) is 0 Å². The van der Waals surface area contributed by atoms with Crippen LogP contribution < -0.4 is 10.6 Å². The zero-order chi connectivity index (χ0) is 13.5. The first-order valence-electron chi connectivity index (χ1n) is 7.27. The summed E-state index contributed by atoms with van der Waals surface area (Å²) in [5.74, 6) is 4.49. The van der Waals surface area contributed by atoms with Crippen molar-refractivity contribution in [3.8, 4) is 0 Å². The molecule has 19 heavy (non-hydrogen) atoms. The van der Waals surface area contributed by atoms with E-state index in [1.807, 2.05) is 11.8 Å². The molecule has 4 nitrogen and oxygen atoms in total. The number of hydrogen-bond donors (Lipinski definition) is 2. The molecule has 1 unspecified atom stereocenters. The predicted octanol–water partition coefficient (Wildman–Crippen LogP) is 3.17. The van der Waals surface area contributed by atoms with Gasteiger partial charge in [-0.25, -0.2) is 9.97 Å². The maximum atomic E-state index is 4.44. The van der Waals surface area contributed by atoms with Crippen LogP contribution in [0.15, 0.2) is 6.33 Å². The normalized spacial score (nSPS) is 19.2. The summed E-state index contributed by atoms with van der Waals surface area (Å²) in [6.07, 6.45) is 6.27. The van der Waals surface area contributed by atoms with Crippen molar-refractivity contribution >= 4 is 23.4 Å². The summed E-state index contributed by atoms with van der Waals surface area (Å²) in [7, 11) is 0. The first kappa shape index (κ1) is 14.4. The van der Waals surface area contributed by atoms with Crippen LogP contribution in [0.2, 0.25) is 0 Å². The number of hydrogen-bond acceptors (Lipinski definition) is 5. The molecule has 1 fully saturated rings. The molecule has 0 radical (unpaired) electrons. The van der Waals surface area contributed by atoms with Gasteiger partial charge in [0, 0.05) is 23.9 Å². The van der Waals surface area contributed by atoms with E-state index in [1.54, 1.807) is 6.33 Å². The molecule has 106 valence electrons. The Hall–Kier alpha value is -0.970. The standard InChI is InChI=1S/C14H24N4S/c1-3-7-15-13-12(4-2)14(17-10-16-13)18-11-6-5-8-19-9-11/h10-11H,3-9H2,1-2H3,(H2,15,16,17,18). The molecular formula is C14H24N4S. The fraction of sp³-hybridized carbons (Fsp3) is 0.714. The van der Waals surface area contributed by atoms with Crippen molar-refractivity contribution in [3.05, 3.63) is 11.9 Å². The van der Waals surface area contributed by atoms with E-state index >= 15 is 0 Å². The SMILES string of the molecule is CCCNc1ncnc(NC2CCCSC2)c1CC. The molecule has 0 spiro atoms. The van der Waals surface area contributed by atoms with Gasteiger partial charge in [-0.2, -0.15) is 11.8 Å². The third-order valence-corrected chi connectivity index (χ3v) is 4.56. The molecule has 1 aliphatic rings. The van der Waals surface area contributed by atoms with E-state index in [9.17, 15) is 0 Å². The van der Waals surface area contributed by atoms with Crippen molar-refractivity contribution < 1.29 is 0 Å². The summed E-state index contributed by atoms with van der Waals surface area (Å²) in [5, 5.41) is 7.00. The van der Waals surface area contributed by atoms with E-state index in [-0.39, 0.29) is 0 Å². The summed E-state index contributed by atoms with van der Waals surface area (Å²) in [6, 6.07) is 0.554. The average Bonchev–Trinajstić information content (AvgIpc) is 2.46. The summed E-state index contributed by atoms with van der Waals surface area (Å²) in [5.41, 5.74) is 1.21. The van der Waals surface area contributed by atoms with E-state index < -0.39 is 0 Å². The van der Waals surface area contributed by atoms with Gasteiger partial charge in [0.1, 0.15) is 18.0 Å². The highest BCUT2D eigenvalue weighted by molar-refractivity contribution is 7.99. The second-order valence-corrected chi connectivity index (χ2v) is 6.04. The minimum absolute atomic E-state index is 0.554. The summed E-state index contributed by atoms with van der Waals surface area (Å²) in [4.78, 5) is 8.81. The number of aromatic nitrogens is 2. The molecule has 1 saturated heterocycles. The highest BCUT2D eigenvalue weighted by Crippen LogP contribution is 2.25. The smallest absolute Gasteiger partial charge is 0.134 e. The predicted molar refractivity (Wildman–Crippen MR) is 84.2 cm³/mol. The minimum atomic E-state index is 0.554. The van der Waals surface area contributed by atoms with Gasteiger partial charge in [-0.05, 0) is 31.4 Å². The van der Waals surface area contributed by atoms with Crippen LogP contribution in [-0.2, 0) is 6.42 Å². The van der Waals surface area contributed by atoms with Gasteiger partial charge in [0.2, 0.25) is 0 Å². The first-order chi connectivity index (χ1) is 9.35. The number of thioether (sulfide) groups is 1. The van der Waals surface area contributed by atoms with Gasteiger partial charge in [-0.1, -0.05) is 13.8 Å². The number of nitrogens with zero attached hydrogens (tertiary/aromatic N) is 2. The summed E-state index contributed by atoms with van der Waals surface area (Å²) in [6.45, 7) is 5.29. The Labute approximate surface area is 120 Å². The molecule has 1 aromatic rings. The molecule has 2 rings (SSSR count). The zero-order valence-corrected chi connectivity index (χ0v) is 12.7. The van der Waals surface area contributed by atoms with Gasteiger partial charge in [0.15, 0.2) is 0 Å². The largest absolute Gasteiger partial charge is 0.370 e. The van der Waals surface area contributed by atoms with Crippen molar-refractivity contribution in [3.63, 3.8) is 0 Å². The van der Waals surface area contributed by atoms with Crippen molar-refractivity contribution in [2.45, 2.75) is 45.6 Å².